The molecule has 1 aromatic rings. The molecule has 1 atom stereocenters. The van der Waals surface area contributed by atoms with Gasteiger partial charge in [0.15, 0.2) is 6.40 Å². The SMILES string of the molecule is O=C(O)C1=CC2CN1C=CN=COCC=CC=CC=Cc1ccccc1O2. The van der Waals surface area contributed by atoms with Crippen molar-refractivity contribution in [2.24, 2.45) is 4.99 Å². The topological polar surface area (TPSA) is 71.4 Å². The molecule has 1 unspecified atom stereocenters. The fraction of sp³-hybridized carbons (Fsp3) is 0.143. The molecular formula is C21H20N2O4. The Balaban J connectivity index is 1.88. The number of allylic oxidation sites excluding steroid dienone is 4. The summed E-state index contributed by atoms with van der Waals surface area (Å²) in [4.78, 5) is 17.1. The summed E-state index contributed by atoms with van der Waals surface area (Å²) >= 11 is 0. The maximum absolute atomic E-state index is 11.5. The van der Waals surface area contributed by atoms with Gasteiger partial charge >= 0.3 is 5.97 Å². The van der Waals surface area contributed by atoms with E-state index in [2.05, 4.69) is 4.99 Å². The van der Waals surface area contributed by atoms with Gasteiger partial charge in [0.1, 0.15) is 24.2 Å². The molecule has 0 saturated heterocycles. The van der Waals surface area contributed by atoms with Gasteiger partial charge in [0.25, 0.3) is 0 Å². The monoisotopic (exact) mass is 364 g/mol. The molecular weight excluding hydrogens is 344 g/mol. The molecule has 0 saturated carbocycles. The average Bonchev–Trinajstić information content (AvgIpc) is 3.06. The van der Waals surface area contributed by atoms with Crippen molar-refractivity contribution < 1.29 is 19.4 Å². The second-order valence-electron chi connectivity index (χ2n) is 5.76. The first-order chi connectivity index (χ1) is 13.2. The molecule has 0 aromatic heterocycles. The first-order valence-electron chi connectivity index (χ1n) is 8.51. The molecule has 27 heavy (non-hydrogen) atoms. The van der Waals surface area contributed by atoms with Crippen molar-refractivity contribution in [3.63, 3.8) is 0 Å². The minimum absolute atomic E-state index is 0.157. The number of fused-ring (bicyclic) bond motifs is 3. The lowest BCUT2D eigenvalue weighted by Crippen LogP contribution is -2.24. The van der Waals surface area contributed by atoms with E-state index in [0.717, 1.165) is 5.56 Å². The molecule has 1 N–H and O–H groups in total. The number of aliphatic carboxylic acids is 1. The van der Waals surface area contributed by atoms with E-state index < -0.39 is 5.97 Å². The van der Waals surface area contributed by atoms with E-state index in [1.54, 1.807) is 17.2 Å². The lowest BCUT2D eigenvalue weighted by atomic mass is 10.2. The van der Waals surface area contributed by atoms with Gasteiger partial charge in [0.2, 0.25) is 0 Å². The third-order valence-corrected chi connectivity index (χ3v) is 3.85. The highest BCUT2D eigenvalue weighted by molar-refractivity contribution is 5.87. The van der Waals surface area contributed by atoms with E-state index >= 15 is 0 Å². The number of benzene rings is 1. The van der Waals surface area contributed by atoms with Crippen LogP contribution in [-0.4, -0.2) is 41.6 Å². The van der Waals surface area contributed by atoms with Gasteiger partial charge in [-0.15, -0.1) is 0 Å². The summed E-state index contributed by atoms with van der Waals surface area (Å²) in [6, 6.07) is 7.64. The number of carboxylic acid groups (broad SMARTS) is 1. The highest BCUT2D eigenvalue weighted by atomic mass is 16.5. The third kappa shape index (κ3) is 5.22. The molecule has 2 heterocycles. The number of aliphatic imine (C=N–C) groups is 1. The second kappa shape index (κ2) is 9.24. The minimum atomic E-state index is -1.01. The van der Waals surface area contributed by atoms with Gasteiger partial charge in [-0.05, 0) is 18.2 Å². The fourth-order valence-corrected chi connectivity index (χ4v) is 2.63. The molecule has 2 bridgehead atoms. The molecule has 0 amide bonds. The van der Waals surface area contributed by atoms with Gasteiger partial charge in [0.05, 0.1) is 6.54 Å². The van der Waals surface area contributed by atoms with Crippen molar-refractivity contribution in [1.82, 2.24) is 4.90 Å². The van der Waals surface area contributed by atoms with Crippen molar-refractivity contribution in [3.8, 4) is 5.75 Å². The van der Waals surface area contributed by atoms with Crippen LogP contribution in [0.5, 0.6) is 5.75 Å². The van der Waals surface area contributed by atoms with Crippen LogP contribution in [0.3, 0.4) is 0 Å². The van der Waals surface area contributed by atoms with Crippen LogP contribution in [0.15, 0.2) is 83.8 Å². The van der Waals surface area contributed by atoms with Gasteiger partial charge in [-0.2, -0.15) is 0 Å². The highest BCUT2D eigenvalue weighted by Gasteiger charge is 2.28. The van der Waals surface area contributed by atoms with Crippen LogP contribution in [0.4, 0.5) is 0 Å². The van der Waals surface area contributed by atoms with Crippen molar-refractivity contribution in [3.05, 3.63) is 84.4 Å². The number of hydrogen-bond acceptors (Lipinski definition) is 5. The van der Waals surface area contributed by atoms with Gasteiger partial charge in [-0.1, -0.05) is 48.6 Å². The van der Waals surface area contributed by atoms with Crippen LogP contribution in [0, 0.1) is 0 Å². The first-order valence-corrected chi connectivity index (χ1v) is 8.51. The number of nitrogens with zero attached hydrogens (tertiary/aromatic N) is 2. The third-order valence-electron chi connectivity index (χ3n) is 3.85. The Labute approximate surface area is 157 Å². The highest BCUT2D eigenvalue weighted by Crippen LogP contribution is 2.25. The molecule has 0 radical (unpaired) electrons. The average molecular weight is 364 g/mol. The molecule has 6 nitrogen and oxygen atoms in total. The molecule has 2 aliphatic rings. The molecule has 0 fully saturated rings. The molecule has 0 aliphatic carbocycles. The summed E-state index contributed by atoms with van der Waals surface area (Å²) in [5.41, 5.74) is 1.07. The second-order valence-corrected chi connectivity index (χ2v) is 5.76. The van der Waals surface area contributed by atoms with E-state index in [-0.39, 0.29) is 11.8 Å². The predicted octanol–water partition coefficient (Wildman–Crippen LogP) is 3.37. The van der Waals surface area contributed by atoms with Crippen LogP contribution in [0.2, 0.25) is 0 Å². The maximum Gasteiger partial charge on any atom is 0.352 e. The Morgan fingerprint density at radius 1 is 1.19 bits per heavy atom. The zero-order valence-electron chi connectivity index (χ0n) is 14.6. The van der Waals surface area contributed by atoms with Crippen molar-refractivity contribution in [2.45, 2.75) is 6.10 Å². The van der Waals surface area contributed by atoms with Crippen molar-refractivity contribution in [1.29, 1.82) is 0 Å². The summed E-state index contributed by atoms with van der Waals surface area (Å²) < 4.78 is 11.3. The summed E-state index contributed by atoms with van der Waals surface area (Å²) in [5, 5.41) is 9.43. The van der Waals surface area contributed by atoms with Crippen LogP contribution >= 0.6 is 0 Å². The van der Waals surface area contributed by atoms with Crippen LogP contribution in [-0.2, 0) is 9.53 Å². The normalized spacial score (nSPS) is 19.5. The number of rotatable bonds is 1. The summed E-state index contributed by atoms with van der Waals surface area (Å²) in [5.74, 6) is -0.317. The summed E-state index contributed by atoms with van der Waals surface area (Å²) in [6.07, 6.45) is 17.0. The lowest BCUT2D eigenvalue weighted by molar-refractivity contribution is -0.133. The molecule has 138 valence electrons. The van der Waals surface area contributed by atoms with E-state index in [1.165, 1.54) is 12.6 Å². The lowest BCUT2D eigenvalue weighted by Gasteiger charge is -2.17. The Kier molecular flexibility index (Phi) is 6.25. The van der Waals surface area contributed by atoms with E-state index in [9.17, 15) is 9.90 Å². The Morgan fingerprint density at radius 3 is 2.93 bits per heavy atom. The molecule has 3 rings (SSSR count). The zero-order chi connectivity index (χ0) is 18.9. The number of para-hydroxylation sites is 1. The Hall–Kier alpha value is -3.54. The summed E-state index contributed by atoms with van der Waals surface area (Å²) in [6.45, 7) is 0.781. The molecule has 0 spiro atoms. The van der Waals surface area contributed by atoms with E-state index in [4.69, 9.17) is 9.47 Å². The Bertz CT molecular complexity index is 849. The smallest absolute Gasteiger partial charge is 0.352 e. The van der Waals surface area contributed by atoms with Crippen molar-refractivity contribution >= 4 is 18.4 Å². The summed E-state index contributed by atoms with van der Waals surface area (Å²) in [7, 11) is 0. The Morgan fingerprint density at radius 2 is 2.04 bits per heavy atom. The van der Waals surface area contributed by atoms with Crippen molar-refractivity contribution in [2.75, 3.05) is 13.2 Å². The fourth-order valence-electron chi connectivity index (χ4n) is 2.63. The minimum Gasteiger partial charge on any atom is -0.484 e. The van der Waals surface area contributed by atoms with Gasteiger partial charge < -0.3 is 19.5 Å². The standard InChI is InChI=1S/C21H20N2O4/c24-21(25)19-14-18-15-23(19)12-11-22-16-26-13-7-3-1-2-4-8-17-9-5-6-10-20(17)27-18/h1-12,14,16,18H,13,15H2,(H,24,25). The van der Waals surface area contributed by atoms with Crippen LogP contribution in [0.25, 0.3) is 6.08 Å². The first kappa shape index (κ1) is 18.3. The predicted molar refractivity (Wildman–Crippen MR) is 104 cm³/mol. The quantitative estimate of drug-likeness (QED) is 0.827. The molecule has 2 aliphatic heterocycles. The molecule has 1 aromatic carbocycles. The van der Waals surface area contributed by atoms with Gasteiger partial charge in [-0.25, -0.2) is 9.79 Å². The largest absolute Gasteiger partial charge is 0.484 e. The van der Waals surface area contributed by atoms with E-state index in [1.807, 2.05) is 60.7 Å². The molecule has 6 heteroatoms. The zero-order valence-corrected chi connectivity index (χ0v) is 14.6. The van der Waals surface area contributed by atoms with Gasteiger partial charge in [-0.3, -0.25) is 0 Å². The number of carboxylic acids is 1. The van der Waals surface area contributed by atoms with E-state index in [0.29, 0.717) is 18.9 Å². The van der Waals surface area contributed by atoms with Crippen LogP contribution < -0.4 is 4.74 Å². The number of hydrogen-bond donors (Lipinski definition) is 1. The number of carbonyl (C=O) groups is 1. The maximum atomic E-state index is 11.5. The van der Waals surface area contributed by atoms with Crippen LogP contribution in [0.1, 0.15) is 5.56 Å². The van der Waals surface area contributed by atoms with Gasteiger partial charge in [0, 0.05) is 18.0 Å². The number of ether oxygens (including phenoxy) is 2.